The summed E-state index contributed by atoms with van der Waals surface area (Å²) in [6.45, 7) is 3.82. The number of benzene rings is 1. The molecule has 19 heavy (non-hydrogen) atoms. The number of aryl methyl sites for hydroxylation is 2. The molecule has 6 heteroatoms. The molecule has 0 spiro atoms. The first-order valence-electron chi connectivity index (χ1n) is 6.15. The molecule has 0 amide bonds. The smallest absolute Gasteiger partial charge is 0.263 e. The Morgan fingerprint density at radius 3 is 2.74 bits per heavy atom. The number of nitrogens with one attached hydrogen (secondary N) is 2. The predicted molar refractivity (Wildman–Crippen MR) is 74.6 cm³/mol. The average molecular weight is 279 g/mol. The van der Waals surface area contributed by atoms with E-state index >= 15 is 0 Å². The molecule has 0 aliphatic heterocycles. The molecule has 5 nitrogen and oxygen atoms in total. The summed E-state index contributed by atoms with van der Waals surface area (Å²) in [5, 5.41) is 6.78. The molecule has 1 heterocycles. The summed E-state index contributed by atoms with van der Waals surface area (Å²) in [5.74, 6) is 0.326. The van der Waals surface area contributed by atoms with Gasteiger partial charge in [-0.25, -0.2) is 8.42 Å². The van der Waals surface area contributed by atoms with Crippen molar-refractivity contribution in [2.75, 3.05) is 4.72 Å². The number of hydrogen-bond donors (Lipinski definition) is 2. The van der Waals surface area contributed by atoms with Crippen molar-refractivity contribution in [1.82, 2.24) is 10.2 Å². The number of H-pyrrole nitrogens is 1. The molecule has 0 fully saturated rings. The third-order valence-electron chi connectivity index (χ3n) is 2.77. The molecule has 0 saturated carbocycles. The molecule has 0 radical (unpaired) electrons. The monoisotopic (exact) mass is 279 g/mol. The van der Waals surface area contributed by atoms with E-state index in [-0.39, 0.29) is 4.90 Å². The van der Waals surface area contributed by atoms with Crippen LogP contribution in [0.5, 0.6) is 0 Å². The molecule has 2 N–H and O–H groups in total. The van der Waals surface area contributed by atoms with Gasteiger partial charge in [0.25, 0.3) is 10.0 Å². The number of aromatic amines is 1. The lowest BCUT2D eigenvalue weighted by molar-refractivity contribution is 0.600. The van der Waals surface area contributed by atoms with E-state index in [0.717, 1.165) is 18.5 Å². The van der Waals surface area contributed by atoms with Crippen LogP contribution in [0.3, 0.4) is 0 Å². The normalized spacial score (nSPS) is 11.5. The SMILES string of the molecule is CCCc1cc(NS(=O)(=O)c2ccccc2C)n[nH]1. The summed E-state index contributed by atoms with van der Waals surface area (Å²) in [6.07, 6.45) is 1.82. The summed E-state index contributed by atoms with van der Waals surface area (Å²) in [6, 6.07) is 8.58. The second-order valence-corrected chi connectivity index (χ2v) is 6.05. The number of hydrogen-bond acceptors (Lipinski definition) is 3. The van der Waals surface area contributed by atoms with Crippen molar-refractivity contribution in [3.63, 3.8) is 0 Å². The highest BCUT2D eigenvalue weighted by Crippen LogP contribution is 2.18. The second-order valence-electron chi connectivity index (χ2n) is 4.40. The first kappa shape index (κ1) is 13.6. The van der Waals surface area contributed by atoms with E-state index < -0.39 is 10.0 Å². The zero-order valence-electron chi connectivity index (χ0n) is 11.0. The molecule has 0 saturated heterocycles. The standard InChI is InChI=1S/C13H17N3O2S/c1-3-6-11-9-13(15-14-11)16-19(17,18)12-8-5-4-7-10(12)2/h4-5,7-9H,3,6H2,1-2H3,(H2,14,15,16). The number of aromatic nitrogens is 2. The Bertz CT molecular complexity index is 662. The fraction of sp³-hybridized carbons (Fsp3) is 0.308. The van der Waals surface area contributed by atoms with Gasteiger partial charge in [0.15, 0.2) is 5.82 Å². The lowest BCUT2D eigenvalue weighted by Gasteiger charge is -2.07. The fourth-order valence-corrected chi connectivity index (χ4v) is 3.10. The van der Waals surface area contributed by atoms with E-state index in [1.54, 1.807) is 31.2 Å². The lowest BCUT2D eigenvalue weighted by atomic mass is 10.2. The van der Waals surface area contributed by atoms with Gasteiger partial charge in [-0.1, -0.05) is 31.5 Å². The third-order valence-corrected chi connectivity index (χ3v) is 4.29. The zero-order chi connectivity index (χ0) is 13.9. The summed E-state index contributed by atoms with van der Waals surface area (Å²) in [5.41, 5.74) is 1.63. The lowest BCUT2D eigenvalue weighted by Crippen LogP contribution is -2.14. The van der Waals surface area contributed by atoms with Crippen LogP contribution in [0.2, 0.25) is 0 Å². The highest BCUT2D eigenvalue weighted by atomic mass is 32.2. The zero-order valence-corrected chi connectivity index (χ0v) is 11.8. The van der Waals surface area contributed by atoms with E-state index in [1.165, 1.54) is 0 Å². The van der Waals surface area contributed by atoms with Gasteiger partial charge in [-0.2, -0.15) is 5.10 Å². The number of anilines is 1. The fourth-order valence-electron chi connectivity index (χ4n) is 1.86. The maximum Gasteiger partial charge on any atom is 0.263 e. The molecule has 1 aromatic carbocycles. The van der Waals surface area contributed by atoms with Crippen LogP contribution >= 0.6 is 0 Å². The van der Waals surface area contributed by atoms with Crippen molar-refractivity contribution < 1.29 is 8.42 Å². The Hall–Kier alpha value is -1.82. The summed E-state index contributed by atoms with van der Waals surface area (Å²) in [7, 11) is -3.58. The minimum Gasteiger partial charge on any atom is -0.280 e. The topological polar surface area (TPSA) is 74.8 Å². The van der Waals surface area contributed by atoms with E-state index in [4.69, 9.17) is 0 Å². The van der Waals surface area contributed by atoms with Crippen LogP contribution in [0.4, 0.5) is 5.82 Å². The van der Waals surface area contributed by atoms with Crippen molar-refractivity contribution in [2.24, 2.45) is 0 Å². The van der Waals surface area contributed by atoms with E-state index in [0.29, 0.717) is 11.4 Å². The molecule has 0 bridgehead atoms. The van der Waals surface area contributed by atoms with Crippen molar-refractivity contribution in [3.8, 4) is 0 Å². The third kappa shape index (κ3) is 3.14. The van der Waals surface area contributed by atoms with E-state index in [1.807, 2.05) is 6.07 Å². The molecule has 0 atom stereocenters. The van der Waals surface area contributed by atoms with Crippen molar-refractivity contribution in [3.05, 3.63) is 41.6 Å². The maximum atomic E-state index is 12.2. The van der Waals surface area contributed by atoms with Gasteiger partial charge in [-0.05, 0) is 25.0 Å². The minimum atomic E-state index is -3.58. The molecule has 0 unspecified atom stereocenters. The molecular weight excluding hydrogens is 262 g/mol. The average Bonchev–Trinajstić information content (AvgIpc) is 2.76. The molecule has 0 aliphatic carbocycles. The molecular formula is C13H17N3O2S. The predicted octanol–water partition coefficient (Wildman–Crippen LogP) is 2.47. The van der Waals surface area contributed by atoms with Gasteiger partial charge in [0.1, 0.15) is 0 Å². The quantitative estimate of drug-likeness (QED) is 0.883. The molecule has 2 aromatic rings. The second kappa shape index (κ2) is 5.44. The van der Waals surface area contributed by atoms with Crippen LogP contribution in [0.1, 0.15) is 24.6 Å². The molecule has 2 rings (SSSR count). The molecule has 102 valence electrons. The largest absolute Gasteiger partial charge is 0.280 e. The van der Waals surface area contributed by atoms with Crippen LogP contribution in [0.25, 0.3) is 0 Å². The van der Waals surface area contributed by atoms with E-state index in [2.05, 4.69) is 21.8 Å². The minimum absolute atomic E-state index is 0.273. The Morgan fingerprint density at radius 2 is 2.05 bits per heavy atom. The van der Waals surface area contributed by atoms with Crippen LogP contribution in [-0.2, 0) is 16.4 Å². The van der Waals surface area contributed by atoms with Gasteiger partial charge >= 0.3 is 0 Å². The Labute approximate surface area is 113 Å². The van der Waals surface area contributed by atoms with Gasteiger partial charge < -0.3 is 0 Å². The maximum absolute atomic E-state index is 12.2. The van der Waals surface area contributed by atoms with Crippen molar-refractivity contribution in [1.29, 1.82) is 0 Å². The number of nitrogens with zero attached hydrogens (tertiary/aromatic N) is 1. The summed E-state index contributed by atoms with van der Waals surface area (Å²) in [4.78, 5) is 0.273. The van der Waals surface area contributed by atoms with Crippen LogP contribution in [-0.4, -0.2) is 18.6 Å². The highest BCUT2D eigenvalue weighted by Gasteiger charge is 2.17. The van der Waals surface area contributed by atoms with Gasteiger partial charge in [0.05, 0.1) is 4.90 Å². The summed E-state index contributed by atoms with van der Waals surface area (Å²) < 4.78 is 26.9. The van der Waals surface area contributed by atoms with Gasteiger partial charge in [0.2, 0.25) is 0 Å². The first-order chi connectivity index (χ1) is 9.03. The Balaban J connectivity index is 2.24. The Kier molecular flexibility index (Phi) is 3.90. The number of rotatable bonds is 5. The van der Waals surface area contributed by atoms with E-state index in [9.17, 15) is 8.42 Å². The highest BCUT2D eigenvalue weighted by molar-refractivity contribution is 7.92. The molecule has 1 aromatic heterocycles. The summed E-state index contributed by atoms with van der Waals surface area (Å²) >= 11 is 0. The molecule has 0 aliphatic rings. The van der Waals surface area contributed by atoms with Gasteiger partial charge in [-0.15, -0.1) is 0 Å². The van der Waals surface area contributed by atoms with Crippen molar-refractivity contribution in [2.45, 2.75) is 31.6 Å². The number of sulfonamides is 1. The van der Waals surface area contributed by atoms with Gasteiger partial charge in [-0.3, -0.25) is 9.82 Å². The van der Waals surface area contributed by atoms with Crippen molar-refractivity contribution >= 4 is 15.8 Å². The van der Waals surface area contributed by atoms with Crippen LogP contribution in [0, 0.1) is 6.92 Å². The Morgan fingerprint density at radius 1 is 1.32 bits per heavy atom. The van der Waals surface area contributed by atoms with Crippen LogP contribution in [0.15, 0.2) is 35.2 Å². The van der Waals surface area contributed by atoms with Gasteiger partial charge in [0, 0.05) is 11.8 Å². The van der Waals surface area contributed by atoms with Crippen LogP contribution < -0.4 is 4.72 Å². The first-order valence-corrected chi connectivity index (χ1v) is 7.64.